The minimum Gasteiger partial charge on any atom is -0.261 e. The lowest BCUT2D eigenvalue weighted by Gasteiger charge is -2.18. The molecule has 0 bridgehead atoms. The minimum atomic E-state index is -0.0488. The summed E-state index contributed by atoms with van der Waals surface area (Å²) in [4.78, 5) is 4.32. The van der Waals surface area contributed by atoms with Gasteiger partial charge in [-0.05, 0) is 41.7 Å². The van der Waals surface area contributed by atoms with Crippen LogP contribution in [0.2, 0.25) is 0 Å². The molecule has 1 heterocycles. The van der Waals surface area contributed by atoms with Gasteiger partial charge in [-0.15, -0.1) is 0 Å². The Balaban J connectivity index is 1.84. The maximum atomic E-state index is 13.9. The highest BCUT2D eigenvalue weighted by Gasteiger charge is 2.17. The van der Waals surface area contributed by atoms with Gasteiger partial charge in [-0.3, -0.25) is 4.98 Å². The van der Waals surface area contributed by atoms with E-state index in [-0.39, 0.29) is 11.7 Å². The topological polar surface area (TPSA) is 12.9 Å². The van der Waals surface area contributed by atoms with Gasteiger partial charge in [0.1, 0.15) is 5.83 Å². The average Bonchev–Trinajstić information content (AvgIpc) is 2.49. The lowest BCUT2D eigenvalue weighted by atomic mass is 9.88. The molecule has 0 saturated heterocycles. The van der Waals surface area contributed by atoms with Crippen LogP contribution in [0.1, 0.15) is 17.7 Å². The van der Waals surface area contributed by atoms with Crippen molar-refractivity contribution in [1.29, 1.82) is 0 Å². The van der Waals surface area contributed by atoms with E-state index in [0.717, 1.165) is 23.3 Å². The summed E-state index contributed by atoms with van der Waals surface area (Å²) in [6.45, 7) is 0. The van der Waals surface area contributed by atoms with Crippen molar-refractivity contribution in [3.8, 4) is 0 Å². The van der Waals surface area contributed by atoms with E-state index in [2.05, 4.69) is 11.1 Å². The van der Waals surface area contributed by atoms with E-state index >= 15 is 0 Å². The summed E-state index contributed by atoms with van der Waals surface area (Å²) in [5.74, 6) is 0.123. The predicted octanol–water partition coefficient (Wildman–Crippen LogP) is 4.58. The first-order valence-corrected chi connectivity index (χ1v) is 6.84. The maximum Gasteiger partial charge on any atom is 0.101 e. The van der Waals surface area contributed by atoms with Crippen molar-refractivity contribution in [3.05, 3.63) is 84.0 Å². The quantitative estimate of drug-likeness (QED) is 0.791. The summed E-state index contributed by atoms with van der Waals surface area (Å²) >= 11 is 0. The van der Waals surface area contributed by atoms with Crippen LogP contribution in [0.25, 0.3) is 5.57 Å². The van der Waals surface area contributed by atoms with Crippen molar-refractivity contribution in [3.63, 3.8) is 0 Å². The van der Waals surface area contributed by atoms with Crippen molar-refractivity contribution >= 4 is 5.57 Å². The van der Waals surface area contributed by atoms with Crippen molar-refractivity contribution in [1.82, 2.24) is 4.98 Å². The first-order chi connectivity index (χ1) is 9.81. The molecule has 20 heavy (non-hydrogen) atoms. The molecule has 100 valence electrons. The van der Waals surface area contributed by atoms with Gasteiger partial charge >= 0.3 is 0 Å². The van der Waals surface area contributed by atoms with Gasteiger partial charge < -0.3 is 0 Å². The second kappa shape index (κ2) is 5.83. The van der Waals surface area contributed by atoms with E-state index < -0.39 is 0 Å². The maximum absolute atomic E-state index is 13.9. The summed E-state index contributed by atoms with van der Waals surface area (Å²) in [5, 5.41) is 0. The van der Waals surface area contributed by atoms with Crippen molar-refractivity contribution < 1.29 is 4.39 Å². The van der Waals surface area contributed by atoms with Crippen LogP contribution in [0.3, 0.4) is 0 Å². The molecule has 0 saturated carbocycles. The fraction of sp³-hybridized carbons (Fsp3) is 0.167. The molecule has 2 heteroatoms. The van der Waals surface area contributed by atoms with Gasteiger partial charge in [-0.2, -0.15) is 0 Å². The Hall–Kier alpha value is -2.22. The molecule has 0 radical (unpaired) electrons. The fourth-order valence-corrected chi connectivity index (χ4v) is 2.57. The predicted molar refractivity (Wildman–Crippen MR) is 79.7 cm³/mol. The molecule has 2 aromatic rings. The standard InChI is InChI=1S/C18H16FN/c19-17-11-14(12-18-8-4-5-9-20-18)10-16(13-17)15-6-2-1-3-7-15/h1-10,13-14H,11-12H2. The number of aromatic nitrogens is 1. The molecule has 0 spiro atoms. The smallest absolute Gasteiger partial charge is 0.101 e. The molecule has 1 nitrogen and oxygen atoms in total. The normalized spacial score (nSPS) is 18.4. The van der Waals surface area contributed by atoms with E-state index in [4.69, 9.17) is 0 Å². The molecule has 0 N–H and O–H groups in total. The Morgan fingerprint density at radius 1 is 1.05 bits per heavy atom. The molecule has 3 rings (SSSR count). The highest BCUT2D eigenvalue weighted by molar-refractivity contribution is 5.75. The molecule has 0 fully saturated rings. The lowest BCUT2D eigenvalue weighted by Crippen LogP contribution is -2.07. The molecule has 1 aromatic heterocycles. The molecular formula is C18H16FN. The van der Waals surface area contributed by atoms with Gasteiger partial charge in [0.05, 0.1) is 0 Å². The number of hydrogen-bond donors (Lipinski definition) is 0. The highest BCUT2D eigenvalue weighted by atomic mass is 19.1. The summed E-state index contributed by atoms with van der Waals surface area (Å²) in [6.07, 6.45) is 6.83. The Bertz CT molecular complexity index is 629. The summed E-state index contributed by atoms with van der Waals surface area (Å²) < 4.78 is 13.9. The summed E-state index contributed by atoms with van der Waals surface area (Å²) in [7, 11) is 0. The molecule has 1 aromatic carbocycles. The van der Waals surface area contributed by atoms with Crippen LogP contribution in [0, 0.1) is 5.92 Å². The third-order valence-corrected chi connectivity index (χ3v) is 3.49. The van der Waals surface area contributed by atoms with Crippen LogP contribution in [0.4, 0.5) is 4.39 Å². The molecule has 1 aliphatic rings. The van der Waals surface area contributed by atoms with E-state index in [1.807, 2.05) is 48.5 Å². The summed E-state index contributed by atoms with van der Waals surface area (Å²) in [6, 6.07) is 15.8. The molecule has 1 atom stereocenters. The van der Waals surface area contributed by atoms with Crippen LogP contribution in [0.5, 0.6) is 0 Å². The number of allylic oxidation sites excluding steroid dienone is 4. The number of rotatable bonds is 3. The zero-order chi connectivity index (χ0) is 13.8. The van der Waals surface area contributed by atoms with Crippen molar-refractivity contribution in [2.45, 2.75) is 12.8 Å². The minimum absolute atomic E-state index is 0.0488. The van der Waals surface area contributed by atoms with Gasteiger partial charge in [-0.1, -0.05) is 42.5 Å². The van der Waals surface area contributed by atoms with Crippen molar-refractivity contribution in [2.24, 2.45) is 5.92 Å². The molecule has 1 aliphatic carbocycles. The zero-order valence-corrected chi connectivity index (χ0v) is 11.2. The Labute approximate surface area is 118 Å². The summed E-state index contributed by atoms with van der Waals surface area (Å²) in [5.41, 5.74) is 3.04. The second-order valence-electron chi connectivity index (χ2n) is 5.07. The molecule has 0 aliphatic heterocycles. The van der Waals surface area contributed by atoms with Crippen LogP contribution in [-0.2, 0) is 6.42 Å². The second-order valence-corrected chi connectivity index (χ2v) is 5.07. The van der Waals surface area contributed by atoms with Gasteiger partial charge in [-0.25, -0.2) is 4.39 Å². The Morgan fingerprint density at radius 2 is 1.85 bits per heavy atom. The van der Waals surface area contributed by atoms with E-state index in [9.17, 15) is 4.39 Å². The van der Waals surface area contributed by atoms with Crippen LogP contribution in [0.15, 0.2) is 72.7 Å². The van der Waals surface area contributed by atoms with Gasteiger partial charge in [0.25, 0.3) is 0 Å². The monoisotopic (exact) mass is 265 g/mol. The number of hydrogen-bond acceptors (Lipinski definition) is 1. The van der Waals surface area contributed by atoms with Crippen molar-refractivity contribution in [2.75, 3.05) is 0 Å². The van der Waals surface area contributed by atoms with Gasteiger partial charge in [0.15, 0.2) is 0 Å². The van der Waals surface area contributed by atoms with Gasteiger partial charge in [0, 0.05) is 18.3 Å². The first kappa shape index (κ1) is 12.8. The number of halogens is 1. The van der Waals surface area contributed by atoms with Crippen LogP contribution < -0.4 is 0 Å². The van der Waals surface area contributed by atoms with Crippen LogP contribution in [-0.4, -0.2) is 4.98 Å². The average molecular weight is 265 g/mol. The van der Waals surface area contributed by atoms with E-state index in [1.165, 1.54) is 0 Å². The Kier molecular flexibility index (Phi) is 3.73. The Morgan fingerprint density at radius 3 is 2.60 bits per heavy atom. The number of benzene rings is 1. The fourth-order valence-electron chi connectivity index (χ4n) is 2.57. The lowest BCUT2D eigenvalue weighted by molar-refractivity contribution is 0.510. The largest absolute Gasteiger partial charge is 0.261 e. The highest BCUT2D eigenvalue weighted by Crippen LogP contribution is 2.30. The third-order valence-electron chi connectivity index (χ3n) is 3.49. The molecule has 1 unspecified atom stereocenters. The van der Waals surface area contributed by atoms with Crippen LogP contribution >= 0.6 is 0 Å². The van der Waals surface area contributed by atoms with Gasteiger partial charge in [0.2, 0.25) is 0 Å². The SMILES string of the molecule is FC1=CC(c2ccccc2)=CC(Cc2ccccn2)C1. The third kappa shape index (κ3) is 3.02. The van der Waals surface area contributed by atoms with E-state index in [1.54, 1.807) is 12.3 Å². The molecular weight excluding hydrogens is 249 g/mol. The molecule has 0 amide bonds. The van der Waals surface area contributed by atoms with E-state index in [0.29, 0.717) is 6.42 Å². The number of nitrogens with zero attached hydrogens (tertiary/aromatic N) is 1. The zero-order valence-electron chi connectivity index (χ0n) is 11.2. The first-order valence-electron chi connectivity index (χ1n) is 6.84. The number of pyridine rings is 1.